The van der Waals surface area contributed by atoms with E-state index in [1.165, 1.54) is 0 Å². The summed E-state index contributed by atoms with van der Waals surface area (Å²) in [6.45, 7) is 14.6. The number of carbonyl (C=O) groups is 8. The van der Waals surface area contributed by atoms with Gasteiger partial charge in [0.2, 0.25) is 11.8 Å². The second-order valence-corrected chi connectivity index (χ2v) is 25.1. The minimum atomic E-state index is -0.116. The van der Waals surface area contributed by atoms with Crippen LogP contribution in [0.1, 0.15) is 208 Å². The maximum absolute atomic E-state index is 13.0. The van der Waals surface area contributed by atoms with Crippen LogP contribution in [0, 0.1) is 62.6 Å². The van der Waals surface area contributed by atoms with Crippen molar-refractivity contribution in [3.63, 3.8) is 0 Å². The van der Waals surface area contributed by atoms with Crippen molar-refractivity contribution in [1.29, 1.82) is 0 Å². The molecule has 1 aromatic rings. The molecule has 8 aliphatic rings. The summed E-state index contributed by atoms with van der Waals surface area (Å²) in [5, 5.41) is 17.7. The first-order valence-electron chi connectivity index (χ1n) is 26.5. The lowest BCUT2D eigenvalue weighted by molar-refractivity contribution is -0.208. The van der Waals surface area contributed by atoms with Crippen LogP contribution in [0.25, 0.3) is 10.4 Å². The molecule has 2 amide bonds. The van der Waals surface area contributed by atoms with Crippen LogP contribution in [0.3, 0.4) is 0 Å². The number of hydrogen-bond acceptors (Lipinski definition) is 11. The number of aryl methyl sites for hydroxylation is 1. The van der Waals surface area contributed by atoms with Gasteiger partial charge in [-0.05, 0) is 206 Å². The van der Waals surface area contributed by atoms with Gasteiger partial charge in [0.1, 0.15) is 35.5 Å². The molecule has 72 heavy (non-hydrogen) atoms. The maximum Gasteiger partial charge on any atom is 0.216 e. The molecule has 8 bridgehead atoms. The zero-order chi connectivity index (χ0) is 53.2. The Hall–Kier alpha value is -5.03. The summed E-state index contributed by atoms with van der Waals surface area (Å²) in [4.78, 5) is 99.8. The number of aromatic nitrogens is 3. The molecule has 9 rings (SSSR count). The molecule has 1 heterocycles. The first-order chi connectivity index (χ1) is 33.7. The van der Waals surface area contributed by atoms with E-state index in [0.29, 0.717) is 51.6 Å². The van der Waals surface area contributed by atoms with Crippen molar-refractivity contribution in [2.75, 3.05) is 19.6 Å². The zero-order valence-corrected chi connectivity index (χ0v) is 44.9. The summed E-state index contributed by atoms with van der Waals surface area (Å²) in [5.41, 5.74) is 9.24. The standard InChI is InChI=1S/C28H42N4O4.C25H38N4O4.C3H4/c1-20-11-32(31-30-20)12-24(36)7-10-27-14-25(8-5-21(2)33)13-26(15-27,9-6-22(3)34)17-28(16-25,18-27)19-29-23(4)35;1-18(30)4-7-22-11-23(8-5-19(2)31)13-24(12-22,9-6-21(33)10-28-29-26)16-25(14-22,15-23)17-27-20(3)32;1-3-2/h11H,5-10,12-19H2,1-4H3,(H,29,35);4-17H2,1-3H3,(H,27,32);1H,2H3/t25-,26+,27?,28?;22-,23+,24?,25?;. The Morgan fingerprint density at radius 3 is 1.12 bits per heavy atom. The zero-order valence-electron chi connectivity index (χ0n) is 44.9. The van der Waals surface area contributed by atoms with Crippen molar-refractivity contribution >= 4 is 46.5 Å². The van der Waals surface area contributed by atoms with E-state index in [4.69, 9.17) is 5.53 Å². The molecule has 8 atom stereocenters. The molecule has 0 saturated heterocycles. The number of nitrogens with zero attached hydrogens (tertiary/aromatic N) is 6. The smallest absolute Gasteiger partial charge is 0.216 e. The molecule has 0 aliphatic heterocycles. The van der Waals surface area contributed by atoms with Crippen LogP contribution in [0.5, 0.6) is 0 Å². The number of terminal acetylenes is 1. The Morgan fingerprint density at radius 2 is 0.861 bits per heavy atom. The highest BCUT2D eigenvalue weighted by Crippen LogP contribution is 2.78. The lowest BCUT2D eigenvalue weighted by Crippen LogP contribution is -2.63. The van der Waals surface area contributed by atoms with Crippen molar-refractivity contribution in [3.8, 4) is 12.3 Å². The Morgan fingerprint density at radius 1 is 0.569 bits per heavy atom. The van der Waals surface area contributed by atoms with Crippen molar-refractivity contribution in [1.82, 2.24) is 25.6 Å². The fourth-order valence-corrected chi connectivity index (χ4v) is 17.1. The topological polar surface area (TPSA) is 240 Å². The van der Waals surface area contributed by atoms with Crippen molar-refractivity contribution in [2.24, 2.45) is 48.4 Å². The van der Waals surface area contributed by atoms with Gasteiger partial charge in [-0.15, -0.1) is 17.4 Å². The lowest BCUT2D eigenvalue weighted by atomic mass is 9.33. The summed E-state index contributed by atoms with van der Waals surface area (Å²) in [6, 6.07) is 0. The summed E-state index contributed by atoms with van der Waals surface area (Å²) >= 11 is 0. The van der Waals surface area contributed by atoms with Gasteiger partial charge in [-0.3, -0.25) is 19.2 Å². The summed E-state index contributed by atoms with van der Waals surface area (Å²) < 4.78 is 1.61. The first-order valence-corrected chi connectivity index (χ1v) is 26.5. The average Bonchev–Trinajstić information content (AvgIpc) is 3.69. The van der Waals surface area contributed by atoms with E-state index in [1.807, 2.05) is 6.92 Å². The van der Waals surface area contributed by atoms with E-state index in [2.05, 4.69) is 43.3 Å². The van der Waals surface area contributed by atoms with Gasteiger partial charge in [-0.1, -0.05) is 10.3 Å². The average molecular weight is 997 g/mol. The Kier molecular flexibility index (Phi) is 18.8. The number of rotatable bonds is 26. The summed E-state index contributed by atoms with van der Waals surface area (Å²) in [7, 11) is 0. The van der Waals surface area contributed by atoms with Crippen LogP contribution in [0.2, 0.25) is 0 Å². The van der Waals surface area contributed by atoms with Gasteiger partial charge in [-0.25, -0.2) is 4.68 Å². The van der Waals surface area contributed by atoms with Gasteiger partial charge in [-0.2, -0.15) is 0 Å². The van der Waals surface area contributed by atoms with Crippen LogP contribution >= 0.6 is 0 Å². The summed E-state index contributed by atoms with van der Waals surface area (Å²) in [5.74, 6) is 3.11. The van der Waals surface area contributed by atoms with Gasteiger partial charge in [0.15, 0.2) is 5.78 Å². The second-order valence-electron chi connectivity index (χ2n) is 25.1. The van der Waals surface area contributed by atoms with Crippen molar-refractivity contribution < 1.29 is 38.4 Å². The highest BCUT2D eigenvalue weighted by Gasteiger charge is 2.68. The third-order valence-electron chi connectivity index (χ3n) is 17.6. The molecule has 4 unspecified atom stereocenters. The van der Waals surface area contributed by atoms with E-state index in [0.717, 1.165) is 121 Å². The molecule has 8 fully saturated rings. The van der Waals surface area contributed by atoms with Crippen molar-refractivity contribution in [3.05, 3.63) is 22.3 Å². The third-order valence-corrected chi connectivity index (χ3v) is 17.6. The Bertz CT molecular complexity index is 2140. The number of ketones is 6. The number of Topliss-reactive ketones (excluding diaryl/α,β-unsaturated/α-hetero) is 6. The second kappa shape index (κ2) is 23.5. The van der Waals surface area contributed by atoms with E-state index in [1.54, 1.807) is 59.3 Å². The fraction of sp³-hybridized carbons (Fsp3) is 0.786. The highest BCUT2D eigenvalue weighted by molar-refractivity contribution is 5.81. The highest BCUT2D eigenvalue weighted by atomic mass is 16.2. The maximum atomic E-state index is 13.0. The molecular weight excluding hydrogens is 913 g/mol. The number of nitrogens with one attached hydrogen (secondary N) is 2. The van der Waals surface area contributed by atoms with Gasteiger partial charge in [0.05, 0.1) is 12.2 Å². The SMILES string of the molecule is C#CC.CC(=O)CC[C@]12CC3(CCC(=O)CN=[N+]=[N-])CC(CNC(C)=O)(C1)C[C@@](CCC(C)=O)(C3)C2.CC(=O)CC[C@]12CC3(CCC(=O)Cn4cc(C)nn4)CC(CNC(C)=O)(C1)C[C@@](CCC(C)=O)(C3)C2. The molecule has 396 valence electrons. The number of carbonyl (C=O) groups excluding carboxylic acids is 8. The first kappa shape index (κ1) is 57.9. The number of azide groups is 1. The minimum Gasteiger partial charge on any atom is -0.356 e. The van der Waals surface area contributed by atoms with Gasteiger partial charge in [0, 0.05) is 76.6 Å². The van der Waals surface area contributed by atoms with Crippen LogP contribution < -0.4 is 10.6 Å². The molecule has 8 saturated carbocycles. The van der Waals surface area contributed by atoms with E-state index in [9.17, 15) is 38.4 Å². The van der Waals surface area contributed by atoms with E-state index < -0.39 is 0 Å². The molecule has 0 aromatic carbocycles. The molecule has 2 N–H and O–H groups in total. The van der Waals surface area contributed by atoms with Gasteiger partial charge >= 0.3 is 0 Å². The number of amides is 2. The van der Waals surface area contributed by atoms with Crippen LogP contribution in [0.15, 0.2) is 11.3 Å². The van der Waals surface area contributed by atoms with Crippen LogP contribution in [0.4, 0.5) is 0 Å². The van der Waals surface area contributed by atoms with Crippen molar-refractivity contribution in [2.45, 2.75) is 216 Å². The summed E-state index contributed by atoms with van der Waals surface area (Å²) in [6.07, 6.45) is 26.5. The van der Waals surface area contributed by atoms with Gasteiger partial charge < -0.3 is 29.8 Å². The predicted molar refractivity (Wildman–Crippen MR) is 274 cm³/mol. The molecule has 16 nitrogen and oxygen atoms in total. The largest absolute Gasteiger partial charge is 0.356 e. The van der Waals surface area contributed by atoms with Crippen LogP contribution in [-0.4, -0.2) is 81.1 Å². The Balaban J connectivity index is 0.000000255. The molecule has 0 radical (unpaired) electrons. The third kappa shape index (κ3) is 15.3. The monoisotopic (exact) mass is 997 g/mol. The quantitative estimate of drug-likeness (QED) is 0.0385. The van der Waals surface area contributed by atoms with E-state index in [-0.39, 0.29) is 103 Å². The predicted octanol–water partition coefficient (Wildman–Crippen LogP) is 9.62. The molecule has 0 spiro atoms. The van der Waals surface area contributed by atoms with Gasteiger partial charge in [0.25, 0.3) is 0 Å². The molecule has 8 aliphatic carbocycles. The minimum absolute atomic E-state index is 0.00350. The number of hydrogen-bond donors (Lipinski definition) is 2. The normalized spacial score (nSPS) is 31.9. The van der Waals surface area contributed by atoms with Crippen LogP contribution in [-0.2, 0) is 44.9 Å². The fourth-order valence-electron chi connectivity index (χ4n) is 17.1. The molecule has 16 heteroatoms. The molecule has 1 aromatic heterocycles. The Labute approximate surface area is 427 Å². The van der Waals surface area contributed by atoms with E-state index >= 15 is 0 Å². The lowest BCUT2D eigenvalue weighted by Gasteiger charge is -2.71. The molecular formula is C56H84N8O8.